The van der Waals surface area contributed by atoms with Gasteiger partial charge < -0.3 is 0 Å². The first-order chi connectivity index (χ1) is 8.57. The normalized spacial score (nSPS) is 16.5. The van der Waals surface area contributed by atoms with Crippen LogP contribution in [0, 0.1) is 0 Å². The van der Waals surface area contributed by atoms with E-state index in [1.807, 2.05) is 0 Å². The Bertz CT molecular complexity index is 176. The zero-order chi connectivity index (χ0) is 13.8. The third-order valence-electron chi connectivity index (χ3n) is 3.37. The molecule has 0 saturated carbocycles. The molecule has 0 N–H and O–H groups in total. The van der Waals surface area contributed by atoms with Gasteiger partial charge in [-0.1, -0.05) is 90.4 Å². The highest BCUT2D eigenvalue weighted by Crippen LogP contribution is 2.23. The van der Waals surface area contributed by atoms with E-state index < -0.39 is 0 Å². The first kappa shape index (κ1) is 19.5. The minimum absolute atomic E-state index is 0.243. The summed E-state index contributed by atoms with van der Waals surface area (Å²) in [5, 5.41) is 0.243. The molecule has 0 aliphatic rings. The summed E-state index contributed by atoms with van der Waals surface area (Å²) < 4.78 is 0.828. The first-order valence-corrected chi connectivity index (χ1v) is 10.1. The Hall–Kier alpha value is 1.50. The standard InChI is InChI=1S/C15H29BrClI/c1-3-4-5-6-7-8-9-10-14(18)11-12-15(16)13(2)17/h13-15H,3-12H2,1-2H3. The Kier molecular flexibility index (Phi) is 14.6. The summed E-state index contributed by atoms with van der Waals surface area (Å²) in [5.74, 6) is 0. The predicted octanol–water partition coefficient (Wildman–Crippen LogP) is 7.10. The minimum Gasteiger partial charge on any atom is -0.122 e. The van der Waals surface area contributed by atoms with E-state index in [4.69, 9.17) is 11.6 Å². The van der Waals surface area contributed by atoms with Gasteiger partial charge in [0.15, 0.2) is 0 Å². The van der Waals surface area contributed by atoms with E-state index in [0.717, 1.165) is 3.92 Å². The second-order valence-corrected chi connectivity index (χ2v) is 8.90. The molecule has 0 aromatic rings. The lowest BCUT2D eigenvalue weighted by atomic mass is 10.0. The van der Waals surface area contributed by atoms with Crippen LogP contribution < -0.4 is 0 Å². The summed E-state index contributed by atoms with van der Waals surface area (Å²) in [4.78, 5) is 0.477. The Labute approximate surface area is 141 Å². The average Bonchev–Trinajstić information content (AvgIpc) is 2.34. The third-order valence-corrected chi connectivity index (χ3v) is 6.48. The van der Waals surface area contributed by atoms with Crippen molar-refractivity contribution in [1.82, 2.24) is 0 Å². The van der Waals surface area contributed by atoms with E-state index >= 15 is 0 Å². The van der Waals surface area contributed by atoms with Gasteiger partial charge in [0, 0.05) is 14.1 Å². The monoisotopic (exact) mass is 450 g/mol. The Morgan fingerprint density at radius 2 is 1.50 bits per heavy atom. The molecule has 0 aliphatic heterocycles. The number of hydrogen-bond acceptors (Lipinski definition) is 0. The molecule has 0 heterocycles. The average molecular weight is 452 g/mol. The Morgan fingerprint density at radius 3 is 2.06 bits per heavy atom. The SMILES string of the molecule is CCCCCCCCCC(I)CCC(Br)C(C)Cl. The fraction of sp³-hybridized carbons (Fsp3) is 1.00. The van der Waals surface area contributed by atoms with E-state index in [-0.39, 0.29) is 5.38 Å². The molecule has 110 valence electrons. The molecule has 0 saturated heterocycles. The summed E-state index contributed by atoms with van der Waals surface area (Å²) in [6, 6.07) is 0. The molecular formula is C15H29BrClI. The number of unbranched alkanes of at least 4 members (excludes halogenated alkanes) is 6. The Morgan fingerprint density at radius 1 is 0.944 bits per heavy atom. The molecule has 0 radical (unpaired) electrons. The van der Waals surface area contributed by atoms with Gasteiger partial charge in [-0.05, 0) is 26.2 Å². The van der Waals surface area contributed by atoms with Crippen LogP contribution in [0.4, 0.5) is 0 Å². The summed E-state index contributed by atoms with van der Waals surface area (Å²) in [6.45, 7) is 4.35. The molecule has 0 aromatic heterocycles. The summed E-state index contributed by atoms with van der Waals surface area (Å²) in [7, 11) is 0. The van der Waals surface area contributed by atoms with E-state index in [0.29, 0.717) is 4.83 Å². The van der Waals surface area contributed by atoms with Gasteiger partial charge in [0.25, 0.3) is 0 Å². The number of rotatable bonds is 12. The van der Waals surface area contributed by atoms with E-state index in [9.17, 15) is 0 Å². The molecule has 0 nitrogen and oxygen atoms in total. The van der Waals surface area contributed by atoms with Crippen molar-refractivity contribution < 1.29 is 0 Å². The van der Waals surface area contributed by atoms with E-state index in [2.05, 4.69) is 52.4 Å². The smallest absolute Gasteiger partial charge is 0.0432 e. The Balaban J connectivity index is 3.29. The number of hydrogen-bond donors (Lipinski definition) is 0. The van der Waals surface area contributed by atoms with Gasteiger partial charge in [-0.25, -0.2) is 0 Å². The highest BCUT2D eigenvalue weighted by atomic mass is 127. The van der Waals surface area contributed by atoms with Crippen LogP contribution in [0.15, 0.2) is 0 Å². The van der Waals surface area contributed by atoms with Crippen LogP contribution in [0.2, 0.25) is 0 Å². The second kappa shape index (κ2) is 13.5. The molecule has 3 heteroatoms. The topological polar surface area (TPSA) is 0 Å². The third kappa shape index (κ3) is 12.5. The fourth-order valence-electron chi connectivity index (χ4n) is 2.04. The van der Waals surface area contributed by atoms with Crippen LogP contribution >= 0.6 is 50.1 Å². The molecule has 0 spiro atoms. The molecule has 18 heavy (non-hydrogen) atoms. The highest BCUT2D eigenvalue weighted by molar-refractivity contribution is 14.1. The van der Waals surface area contributed by atoms with Crippen molar-refractivity contribution in [3.05, 3.63) is 0 Å². The van der Waals surface area contributed by atoms with Crippen LogP contribution in [-0.2, 0) is 0 Å². The summed E-state index contributed by atoms with van der Waals surface area (Å²) >= 11 is 12.3. The second-order valence-electron chi connectivity index (χ2n) is 5.28. The zero-order valence-corrected chi connectivity index (χ0v) is 16.4. The van der Waals surface area contributed by atoms with Crippen LogP contribution in [-0.4, -0.2) is 14.1 Å². The first-order valence-electron chi connectivity index (χ1n) is 7.50. The molecule has 3 atom stereocenters. The van der Waals surface area contributed by atoms with Gasteiger partial charge in [0.2, 0.25) is 0 Å². The maximum Gasteiger partial charge on any atom is 0.0432 e. The molecule has 0 fully saturated rings. The van der Waals surface area contributed by atoms with Crippen LogP contribution in [0.3, 0.4) is 0 Å². The fourth-order valence-corrected chi connectivity index (χ4v) is 3.23. The lowest BCUT2D eigenvalue weighted by Gasteiger charge is -2.14. The summed E-state index contributed by atoms with van der Waals surface area (Å²) in [5.41, 5.74) is 0. The highest BCUT2D eigenvalue weighted by Gasteiger charge is 2.13. The largest absolute Gasteiger partial charge is 0.122 e. The minimum atomic E-state index is 0.243. The van der Waals surface area contributed by atoms with Crippen LogP contribution in [0.5, 0.6) is 0 Å². The van der Waals surface area contributed by atoms with Crippen molar-refractivity contribution in [3.8, 4) is 0 Å². The van der Waals surface area contributed by atoms with Gasteiger partial charge in [0.1, 0.15) is 0 Å². The number of alkyl halides is 3. The molecule has 0 aliphatic carbocycles. The molecule has 0 rings (SSSR count). The quantitative estimate of drug-likeness (QED) is 0.169. The van der Waals surface area contributed by atoms with Crippen molar-refractivity contribution in [2.24, 2.45) is 0 Å². The maximum atomic E-state index is 6.05. The van der Waals surface area contributed by atoms with Crippen molar-refractivity contribution in [2.45, 2.75) is 92.2 Å². The molecule has 0 aromatic carbocycles. The zero-order valence-electron chi connectivity index (χ0n) is 11.9. The molecular weight excluding hydrogens is 422 g/mol. The molecule has 3 unspecified atom stereocenters. The number of halogens is 3. The van der Waals surface area contributed by atoms with E-state index in [1.165, 1.54) is 64.2 Å². The van der Waals surface area contributed by atoms with Crippen LogP contribution in [0.25, 0.3) is 0 Å². The lowest BCUT2D eigenvalue weighted by molar-refractivity contribution is 0.559. The maximum absolute atomic E-state index is 6.05. The van der Waals surface area contributed by atoms with Gasteiger partial charge in [0.05, 0.1) is 0 Å². The van der Waals surface area contributed by atoms with Crippen molar-refractivity contribution in [1.29, 1.82) is 0 Å². The van der Waals surface area contributed by atoms with Crippen LogP contribution in [0.1, 0.15) is 78.1 Å². The molecule has 0 amide bonds. The van der Waals surface area contributed by atoms with Gasteiger partial charge >= 0.3 is 0 Å². The molecule has 0 bridgehead atoms. The van der Waals surface area contributed by atoms with Crippen molar-refractivity contribution in [2.75, 3.05) is 0 Å². The predicted molar refractivity (Wildman–Crippen MR) is 97.7 cm³/mol. The van der Waals surface area contributed by atoms with Gasteiger partial charge in [-0.15, -0.1) is 11.6 Å². The van der Waals surface area contributed by atoms with Gasteiger partial charge in [-0.2, -0.15) is 0 Å². The lowest BCUT2D eigenvalue weighted by Crippen LogP contribution is -2.12. The van der Waals surface area contributed by atoms with Crippen molar-refractivity contribution >= 4 is 50.1 Å². The van der Waals surface area contributed by atoms with Gasteiger partial charge in [-0.3, -0.25) is 0 Å². The van der Waals surface area contributed by atoms with Crippen molar-refractivity contribution in [3.63, 3.8) is 0 Å². The summed E-state index contributed by atoms with van der Waals surface area (Å²) in [6.07, 6.45) is 13.8. The van der Waals surface area contributed by atoms with E-state index in [1.54, 1.807) is 0 Å².